The number of aliphatic hydroxyl groups is 1. The molecule has 2 rings (SSSR count). The highest BCUT2D eigenvalue weighted by molar-refractivity contribution is 5.69. The van der Waals surface area contributed by atoms with Crippen LogP contribution in [-0.4, -0.2) is 39.1 Å². The molecule has 2 aromatic rings. The van der Waals surface area contributed by atoms with Crippen molar-refractivity contribution in [2.45, 2.75) is 12.1 Å². The number of nitrogens with two attached hydrogens (primary N) is 1. The molecule has 0 spiro atoms. The largest absolute Gasteiger partial charge is 0.390 e. The van der Waals surface area contributed by atoms with Gasteiger partial charge in [-0.15, -0.1) is 0 Å². The highest BCUT2D eigenvalue weighted by Crippen LogP contribution is 2.26. The number of nitrogens with zero attached hydrogens (tertiary/aromatic N) is 5. The van der Waals surface area contributed by atoms with Crippen molar-refractivity contribution in [3.63, 3.8) is 0 Å². The van der Waals surface area contributed by atoms with E-state index in [2.05, 4.69) is 20.1 Å². The van der Waals surface area contributed by atoms with Crippen molar-refractivity contribution < 1.29 is 9.50 Å². The zero-order chi connectivity index (χ0) is 15.1. The van der Waals surface area contributed by atoms with Crippen LogP contribution in [0.1, 0.15) is 5.56 Å². The van der Waals surface area contributed by atoms with E-state index in [-0.39, 0.29) is 18.7 Å². The van der Waals surface area contributed by atoms with Gasteiger partial charge in [0, 0.05) is 5.56 Å². The Kier molecular flexibility index (Phi) is 4.72. The Morgan fingerprint density at radius 2 is 2.24 bits per heavy atom. The summed E-state index contributed by atoms with van der Waals surface area (Å²) in [5, 5.41) is 14.7. The number of hydrogen-bond acceptors (Lipinski definition) is 4. The molecule has 0 saturated heterocycles. The van der Waals surface area contributed by atoms with Gasteiger partial charge in [-0.05, 0) is 6.07 Å². The van der Waals surface area contributed by atoms with Crippen LogP contribution in [0.3, 0.4) is 0 Å². The third kappa shape index (κ3) is 3.69. The lowest BCUT2D eigenvalue weighted by atomic mass is 9.93. The van der Waals surface area contributed by atoms with Gasteiger partial charge in [0.25, 0.3) is 0 Å². The molecule has 3 N–H and O–H groups in total. The average molecular weight is 290 g/mol. The Morgan fingerprint density at radius 3 is 2.90 bits per heavy atom. The van der Waals surface area contributed by atoms with E-state index >= 15 is 0 Å². The zero-order valence-electron chi connectivity index (χ0n) is 11.2. The van der Waals surface area contributed by atoms with Gasteiger partial charge >= 0.3 is 0 Å². The smallest absolute Gasteiger partial charge is 0.137 e. The molecule has 1 aromatic carbocycles. The molecule has 1 aromatic heterocycles. The van der Waals surface area contributed by atoms with Gasteiger partial charge in [-0.25, -0.2) is 19.0 Å². The van der Waals surface area contributed by atoms with Gasteiger partial charge in [-0.1, -0.05) is 18.2 Å². The number of aromatic nitrogens is 3. The van der Waals surface area contributed by atoms with Crippen molar-refractivity contribution in [2.75, 3.05) is 6.54 Å². The van der Waals surface area contributed by atoms with Crippen LogP contribution in [0.5, 0.6) is 0 Å². The van der Waals surface area contributed by atoms with E-state index in [1.54, 1.807) is 12.1 Å². The van der Waals surface area contributed by atoms with Crippen LogP contribution in [0.2, 0.25) is 0 Å². The lowest BCUT2D eigenvalue weighted by molar-refractivity contribution is 0.0212. The van der Waals surface area contributed by atoms with Gasteiger partial charge in [0.05, 0.1) is 19.4 Å². The van der Waals surface area contributed by atoms with Crippen LogP contribution in [0.15, 0.2) is 46.9 Å². The molecule has 0 amide bonds. The van der Waals surface area contributed by atoms with Gasteiger partial charge in [-0.3, -0.25) is 4.99 Å². The summed E-state index contributed by atoms with van der Waals surface area (Å²) in [7, 11) is 0. The molecule has 1 atom stereocenters. The van der Waals surface area contributed by atoms with Crippen molar-refractivity contribution in [3.8, 4) is 0 Å². The summed E-state index contributed by atoms with van der Waals surface area (Å²) in [6.45, 7) is -0.0806. The van der Waals surface area contributed by atoms with Crippen LogP contribution >= 0.6 is 0 Å². The predicted molar refractivity (Wildman–Crippen MR) is 76.4 cm³/mol. The van der Waals surface area contributed by atoms with Crippen LogP contribution in [0.25, 0.3) is 0 Å². The predicted octanol–water partition coefficient (Wildman–Crippen LogP) is 0.320. The SMILES string of the molecule is NC=NC=NCC(O)(Cn1cncn1)c1ccccc1F. The Hall–Kier alpha value is -2.61. The maximum Gasteiger partial charge on any atom is 0.137 e. The molecular weight excluding hydrogens is 275 g/mol. The topological polar surface area (TPSA) is 102 Å². The average Bonchev–Trinajstić information content (AvgIpc) is 2.97. The van der Waals surface area contributed by atoms with Crippen molar-refractivity contribution in [1.29, 1.82) is 0 Å². The van der Waals surface area contributed by atoms with E-state index in [4.69, 9.17) is 5.73 Å². The molecule has 8 heteroatoms. The molecule has 7 nitrogen and oxygen atoms in total. The molecule has 0 radical (unpaired) electrons. The Bertz CT molecular complexity index is 627. The molecule has 0 fully saturated rings. The van der Waals surface area contributed by atoms with Crippen molar-refractivity contribution >= 4 is 12.7 Å². The maximum absolute atomic E-state index is 14.0. The minimum atomic E-state index is -1.57. The summed E-state index contributed by atoms with van der Waals surface area (Å²) in [5.41, 5.74) is 3.66. The lowest BCUT2D eigenvalue weighted by Gasteiger charge is -2.27. The van der Waals surface area contributed by atoms with E-state index in [1.165, 1.54) is 35.8 Å². The highest BCUT2D eigenvalue weighted by atomic mass is 19.1. The summed E-state index contributed by atoms with van der Waals surface area (Å²) in [6.07, 6.45) is 5.05. The van der Waals surface area contributed by atoms with Crippen molar-refractivity contribution in [1.82, 2.24) is 14.8 Å². The van der Waals surface area contributed by atoms with Crippen LogP contribution in [0, 0.1) is 5.82 Å². The van der Waals surface area contributed by atoms with Gasteiger partial charge in [0.1, 0.15) is 30.4 Å². The fourth-order valence-electron chi connectivity index (χ4n) is 1.92. The van der Waals surface area contributed by atoms with E-state index in [1.807, 2.05) is 0 Å². The molecule has 0 bridgehead atoms. The normalized spacial score (nSPS) is 14.8. The monoisotopic (exact) mass is 290 g/mol. The molecule has 1 unspecified atom stereocenters. The summed E-state index contributed by atoms with van der Waals surface area (Å²) >= 11 is 0. The molecule has 0 saturated carbocycles. The van der Waals surface area contributed by atoms with Gasteiger partial charge in [0.2, 0.25) is 0 Å². The fourth-order valence-corrected chi connectivity index (χ4v) is 1.92. The van der Waals surface area contributed by atoms with Crippen molar-refractivity contribution in [2.24, 2.45) is 15.7 Å². The number of rotatable bonds is 6. The van der Waals surface area contributed by atoms with E-state index in [0.717, 1.165) is 6.34 Å². The second kappa shape index (κ2) is 6.71. The highest BCUT2D eigenvalue weighted by Gasteiger charge is 2.32. The second-order valence-electron chi connectivity index (χ2n) is 4.36. The fraction of sp³-hybridized carbons (Fsp3) is 0.231. The Morgan fingerprint density at radius 1 is 1.43 bits per heavy atom. The van der Waals surface area contributed by atoms with Gasteiger partial charge in [-0.2, -0.15) is 5.10 Å². The summed E-state index contributed by atoms with van der Waals surface area (Å²) in [5.74, 6) is -0.516. The molecule has 0 aliphatic rings. The molecule has 0 aliphatic heterocycles. The van der Waals surface area contributed by atoms with Crippen LogP contribution in [0.4, 0.5) is 4.39 Å². The molecule has 21 heavy (non-hydrogen) atoms. The van der Waals surface area contributed by atoms with E-state index in [0.29, 0.717) is 0 Å². The summed E-state index contributed by atoms with van der Waals surface area (Å²) in [6, 6.07) is 5.99. The first-order valence-corrected chi connectivity index (χ1v) is 6.17. The molecule has 1 heterocycles. The van der Waals surface area contributed by atoms with E-state index in [9.17, 15) is 9.50 Å². The quantitative estimate of drug-likeness (QED) is 0.591. The van der Waals surface area contributed by atoms with Crippen LogP contribution in [-0.2, 0) is 12.1 Å². The molecule has 110 valence electrons. The van der Waals surface area contributed by atoms with Gasteiger partial charge < -0.3 is 10.8 Å². The second-order valence-corrected chi connectivity index (χ2v) is 4.36. The Labute approximate surface area is 120 Å². The van der Waals surface area contributed by atoms with Crippen molar-refractivity contribution in [3.05, 3.63) is 48.3 Å². The minimum absolute atomic E-state index is 0.0115. The Balaban J connectivity index is 2.31. The number of halogens is 1. The summed E-state index contributed by atoms with van der Waals surface area (Å²) < 4.78 is 15.4. The third-order valence-electron chi connectivity index (χ3n) is 2.85. The third-order valence-corrected chi connectivity index (χ3v) is 2.85. The van der Waals surface area contributed by atoms with Gasteiger partial charge in [0.15, 0.2) is 0 Å². The standard InChI is InChI=1S/C13H15FN6O/c14-12-4-2-1-3-11(12)13(21,5-16-8-17-7-15)6-20-10-18-9-19-20/h1-4,7-10,21H,5-6H2,(H2,15,16,17). The molecule has 0 aliphatic carbocycles. The first-order chi connectivity index (χ1) is 10.2. The molecular formula is C13H15FN6O. The first kappa shape index (κ1) is 14.8. The number of aliphatic imine (C=N–C) groups is 2. The minimum Gasteiger partial charge on any atom is -0.390 e. The zero-order valence-corrected chi connectivity index (χ0v) is 11.2. The van der Waals surface area contributed by atoms with E-state index < -0.39 is 11.4 Å². The number of hydrogen-bond donors (Lipinski definition) is 2. The maximum atomic E-state index is 14.0. The van der Waals surface area contributed by atoms with Crippen LogP contribution < -0.4 is 5.73 Å². The summed E-state index contributed by atoms with van der Waals surface area (Å²) in [4.78, 5) is 11.4. The number of benzene rings is 1. The lowest BCUT2D eigenvalue weighted by Crippen LogP contribution is -2.36. The first-order valence-electron chi connectivity index (χ1n) is 6.17.